The van der Waals surface area contributed by atoms with Gasteiger partial charge in [-0.15, -0.1) is 0 Å². The molecule has 1 aliphatic carbocycles. The van der Waals surface area contributed by atoms with Gasteiger partial charge in [0.05, 0.1) is 5.41 Å². The van der Waals surface area contributed by atoms with Crippen molar-refractivity contribution in [2.45, 2.75) is 5.41 Å². The van der Waals surface area contributed by atoms with Gasteiger partial charge in [-0.3, -0.25) is 0 Å². The van der Waals surface area contributed by atoms with Crippen molar-refractivity contribution >= 4 is 45.4 Å². The van der Waals surface area contributed by atoms with E-state index in [2.05, 4.69) is 48.5 Å². The van der Waals surface area contributed by atoms with Gasteiger partial charge in [-0.25, -0.2) is 19.2 Å². The topological polar surface area (TPSA) is 127 Å². The van der Waals surface area contributed by atoms with Gasteiger partial charge in [-0.2, -0.15) is 0 Å². The Morgan fingerprint density at radius 3 is 1.29 bits per heavy atom. The molecule has 0 spiro atoms. The lowest BCUT2D eigenvalue weighted by Gasteiger charge is -2.34. The maximum atomic E-state index is 12.1. The van der Waals surface area contributed by atoms with Crippen molar-refractivity contribution in [3.63, 3.8) is 0 Å². The first-order chi connectivity index (χ1) is 23.7. The second-order valence-electron chi connectivity index (χ2n) is 11.5. The zero-order valence-corrected chi connectivity index (χ0v) is 25.7. The van der Waals surface area contributed by atoms with Gasteiger partial charge in [0.15, 0.2) is 0 Å². The third-order valence-corrected chi connectivity index (χ3v) is 8.60. The minimum Gasteiger partial charge on any atom is -0.478 e. The Labute approximate surface area is 279 Å². The van der Waals surface area contributed by atoms with E-state index in [1.54, 1.807) is 24.3 Å². The van der Waals surface area contributed by atoms with Gasteiger partial charge in [-0.1, -0.05) is 84.9 Å². The first-order valence-electron chi connectivity index (χ1n) is 15.3. The molecule has 0 saturated heterocycles. The molecule has 0 bridgehead atoms. The molecule has 7 rings (SSSR count). The average Bonchev–Trinajstić information content (AvgIpc) is 3.40. The summed E-state index contributed by atoms with van der Waals surface area (Å²) in [6.07, 6.45) is 3.20. The zero-order valence-electron chi connectivity index (χ0n) is 25.7. The number of ether oxygens (including phenoxy) is 2. The van der Waals surface area contributed by atoms with Crippen LogP contribution < -0.4 is 9.47 Å². The highest BCUT2D eigenvalue weighted by Gasteiger charge is 2.46. The molecule has 0 fully saturated rings. The van der Waals surface area contributed by atoms with E-state index < -0.39 is 29.3 Å². The molecule has 238 valence electrons. The number of hydrogen-bond acceptors (Lipinski definition) is 6. The summed E-state index contributed by atoms with van der Waals surface area (Å²) in [5.74, 6) is -3.46. The lowest BCUT2D eigenvalue weighted by molar-refractivity contribution is -0.133. The van der Waals surface area contributed by atoms with Crippen LogP contribution in [0.25, 0.3) is 32.7 Å². The quantitative estimate of drug-likeness (QED) is 0.0991. The predicted octanol–water partition coefficient (Wildman–Crippen LogP) is 7.45. The number of aliphatic carboxylic acids is 2. The summed E-state index contributed by atoms with van der Waals surface area (Å²) >= 11 is 0. The van der Waals surface area contributed by atoms with Gasteiger partial charge >= 0.3 is 23.9 Å². The molecule has 0 amide bonds. The number of carboxylic acid groups (broad SMARTS) is 2. The van der Waals surface area contributed by atoms with Crippen molar-refractivity contribution in [1.82, 2.24) is 0 Å². The van der Waals surface area contributed by atoms with Crippen LogP contribution in [0, 0.1) is 0 Å². The van der Waals surface area contributed by atoms with Gasteiger partial charge in [-0.05, 0) is 91.3 Å². The Bertz CT molecular complexity index is 2230. The molecule has 0 radical (unpaired) electrons. The smallest absolute Gasteiger partial charge is 0.336 e. The summed E-state index contributed by atoms with van der Waals surface area (Å²) < 4.78 is 10.7. The van der Waals surface area contributed by atoms with Gasteiger partial charge in [0, 0.05) is 24.3 Å². The van der Waals surface area contributed by atoms with Crippen LogP contribution in [0.3, 0.4) is 0 Å². The zero-order chi connectivity index (χ0) is 34.1. The normalized spacial score (nSPS) is 13.0. The van der Waals surface area contributed by atoms with Crippen molar-refractivity contribution in [2.75, 3.05) is 0 Å². The highest BCUT2D eigenvalue weighted by molar-refractivity contribution is 5.95. The molecule has 0 unspecified atom stereocenters. The van der Waals surface area contributed by atoms with Crippen LogP contribution in [0.15, 0.2) is 146 Å². The minimum absolute atomic E-state index is 0.295. The molecule has 2 N–H and O–H groups in total. The van der Waals surface area contributed by atoms with E-state index >= 15 is 0 Å². The molecule has 0 atom stereocenters. The Hall–Kier alpha value is -6.80. The Morgan fingerprint density at radius 2 is 0.857 bits per heavy atom. The molecule has 0 saturated carbocycles. The van der Waals surface area contributed by atoms with E-state index in [1.165, 1.54) is 0 Å². The highest BCUT2D eigenvalue weighted by atomic mass is 16.5. The number of esters is 2. The third-order valence-electron chi connectivity index (χ3n) is 8.60. The van der Waals surface area contributed by atoms with E-state index in [4.69, 9.17) is 19.7 Å². The molecule has 0 aromatic heterocycles. The van der Waals surface area contributed by atoms with Crippen LogP contribution in [0.1, 0.15) is 22.3 Å². The number of carboxylic acids is 2. The molecule has 1 aliphatic rings. The number of hydrogen-bond donors (Lipinski definition) is 2. The van der Waals surface area contributed by atoms with Crippen LogP contribution in [-0.4, -0.2) is 34.1 Å². The molecule has 8 heteroatoms. The lowest BCUT2D eigenvalue weighted by Crippen LogP contribution is -2.28. The van der Waals surface area contributed by atoms with E-state index in [-0.39, 0.29) is 0 Å². The molecule has 0 heterocycles. The van der Waals surface area contributed by atoms with Gasteiger partial charge in [0.2, 0.25) is 0 Å². The Balaban J connectivity index is 1.35. The summed E-state index contributed by atoms with van der Waals surface area (Å²) in [6, 6.07) is 39.7. The predicted molar refractivity (Wildman–Crippen MR) is 184 cm³/mol. The van der Waals surface area contributed by atoms with Crippen LogP contribution >= 0.6 is 0 Å². The number of fused-ring (bicyclic) bond motifs is 5. The molecular weight excluding hydrogens is 620 g/mol. The van der Waals surface area contributed by atoms with E-state index in [1.807, 2.05) is 48.5 Å². The first-order valence-corrected chi connectivity index (χ1v) is 15.3. The van der Waals surface area contributed by atoms with Crippen molar-refractivity contribution in [2.24, 2.45) is 0 Å². The summed E-state index contributed by atoms with van der Waals surface area (Å²) in [4.78, 5) is 45.8. The van der Waals surface area contributed by atoms with Crippen molar-refractivity contribution in [1.29, 1.82) is 0 Å². The van der Waals surface area contributed by atoms with Crippen molar-refractivity contribution < 1.29 is 38.9 Å². The summed E-state index contributed by atoms with van der Waals surface area (Å²) in [5, 5.41) is 21.1. The van der Waals surface area contributed by atoms with Crippen LogP contribution in [-0.2, 0) is 24.6 Å². The maximum absolute atomic E-state index is 12.1. The molecule has 6 aromatic carbocycles. The molecule has 49 heavy (non-hydrogen) atoms. The summed E-state index contributed by atoms with van der Waals surface area (Å²) in [5.41, 5.74) is 5.87. The minimum atomic E-state index is -1.24. The number of benzene rings is 6. The second kappa shape index (κ2) is 12.4. The number of carbonyl (C=O) groups excluding carboxylic acids is 2. The van der Waals surface area contributed by atoms with Crippen molar-refractivity contribution in [3.8, 4) is 22.6 Å². The van der Waals surface area contributed by atoms with E-state index in [9.17, 15) is 19.2 Å². The van der Waals surface area contributed by atoms with E-state index in [0.717, 1.165) is 79.2 Å². The number of carbonyl (C=O) groups is 4. The van der Waals surface area contributed by atoms with Gasteiger partial charge in [0.25, 0.3) is 0 Å². The fourth-order valence-electron chi connectivity index (χ4n) is 6.64. The summed E-state index contributed by atoms with van der Waals surface area (Å²) in [7, 11) is 0. The lowest BCUT2D eigenvalue weighted by atomic mass is 9.67. The third kappa shape index (κ3) is 5.72. The standard InChI is InChI=1S/C41H26O8/c42-37(43)17-19-39(46)48-31-15-11-25-21-29(13-9-27(25)23-31)41(35-7-3-1-5-33(35)34-6-2-4-8-36(34)41)30-14-10-28-24-32(16-12-26(28)22-30)49-40(47)20-18-38(44)45/h1-24H,(H,42,43)(H,44,45)/b19-17+,20-18+. The van der Waals surface area contributed by atoms with Crippen molar-refractivity contribution in [3.05, 3.63) is 168 Å². The molecular formula is C41H26O8. The largest absolute Gasteiger partial charge is 0.478 e. The molecule has 6 aromatic rings. The van der Waals surface area contributed by atoms with Gasteiger partial charge < -0.3 is 19.7 Å². The van der Waals surface area contributed by atoms with Crippen LogP contribution in [0.5, 0.6) is 11.5 Å². The highest BCUT2D eigenvalue weighted by Crippen LogP contribution is 2.56. The summed E-state index contributed by atoms with van der Waals surface area (Å²) in [6.45, 7) is 0. The maximum Gasteiger partial charge on any atom is 0.336 e. The van der Waals surface area contributed by atoms with Gasteiger partial charge in [0.1, 0.15) is 11.5 Å². The fraction of sp³-hybridized carbons (Fsp3) is 0.0244. The SMILES string of the molecule is O=C(O)/C=C/C(=O)Oc1ccc2cc(C3(c4ccc5cc(OC(=O)/C=C/C(=O)O)ccc5c4)c4ccccc4-c4ccccc43)ccc2c1. The number of rotatable bonds is 8. The monoisotopic (exact) mass is 646 g/mol. The first kappa shape index (κ1) is 30.8. The fourth-order valence-corrected chi connectivity index (χ4v) is 6.64. The Morgan fingerprint density at radius 1 is 0.469 bits per heavy atom. The second-order valence-corrected chi connectivity index (χ2v) is 11.5. The average molecular weight is 647 g/mol. The van der Waals surface area contributed by atoms with Crippen LogP contribution in [0.2, 0.25) is 0 Å². The van der Waals surface area contributed by atoms with Crippen LogP contribution in [0.4, 0.5) is 0 Å². The molecule has 0 aliphatic heterocycles. The Kier molecular flexibility index (Phi) is 7.82. The molecule has 8 nitrogen and oxygen atoms in total. The van der Waals surface area contributed by atoms with E-state index in [0.29, 0.717) is 11.5 Å².